The van der Waals surface area contributed by atoms with Crippen LogP contribution in [0.15, 0.2) is 30.3 Å². The maximum Gasteiger partial charge on any atom is 0.407 e. The van der Waals surface area contributed by atoms with Crippen LogP contribution in [0.4, 0.5) is 4.79 Å². The Balaban J connectivity index is 1.77. The van der Waals surface area contributed by atoms with Crippen molar-refractivity contribution < 1.29 is 33.3 Å². The summed E-state index contributed by atoms with van der Waals surface area (Å²) in [6, 6.07) is 7.63. The SMILES string of the molecule is COC(=O)N[C@H](C(=O)N1CC2(COCO2)C[C@H]1C(=O)OCc1ccccc1)C(C)C. The molecule has 1 N–H and O–H groups in total. The summed E-state index contributed by atoms with van der Waals surface area (Å²) >= 11 is 0. The first kappa shape index (κ1) is 22.0. The first-order valence-corrected chi connectivity index (χ1v) is 9.92. The number of alkyl carbamates (subject to hydrolysis) is 1. The number of amides is 2. The summed E-state index contributed by atoms with van der Waals surface area (Å²) in [5, 5.41) is 2.56. The molecule has 2 saturated heterocycles. The van der Waals surface area contributed by atoms with Crippen molar-refractivity contribution in [3.63, 3.8) is 0 Å². The Morgan fingerprint density at radius 3 is 2.60 bits per heavy atom. The molecule has 2 aliphatic rings. The molecule has 1 unspecified atom stereocenters. The number of carbonyl (C=O) groups is 3. The van der Waals surface area contributed by atoms with Crippen molar-refractivity contribution in [2.75, 3.05) is 27.1 Å². The van der Waals surface area contributed by atoms with Crippen molar-refractivity contribution >= 4 is 18.0 Å². The molecule has 0 radical (unpaired) electrons. The molecule has 164 valence electrons. The number of ether oxygens (including phenoxy) is 4. The second kappa shape index (κ2) is 9.44. The van der Waals surface area contributed by atoms with Gasteiger partial charge in [-0.2, -0.15) is 0 Å². The fourth-order valence-corrected chi connectivity index (χ4v) is 3.74. The van der Waals surface area contributed by atoms with Gasteiger partial charge in [0.1, 0.15) is 31.1 Å². The molecule has 9 heteroatoms. The number of hydrogen-bond donors (Lipinski definition) is 1. The maximum absolute atomic E-state index is 13.3. The number of nitrogens with zero attached hydrogens (tertiary/aromatic N) is 1. The lowest BCUT2D eigenvalue weighted by Gasteiger charge is -2.30. The van der Waals surface area contributed by atoms with E-state index in [1.807, 2.05) is 44.2 Å². The van der Waals surface area contributed by atoms with Gasteiger partial charge in [-0.05, 0) is 11.5 Å². The first-order valence-electron chi connectivity index (χ1n) is 9.92. The number of likely N-dealkylation sites (tertiary alicyclic amines) is 1. The molecule has 0 saturated carbocycles. The van der Waals surface area contributed by atoms with Crippen molar-refractivity contribution in [2.45, 2.75) is 44.6 Å². The third-order valence-electron chi connectivity index (χ3n) is 5.38. The van der Waals surface area contributed by atoms with Crippen LogP contribution in [0.5, 0.6) is 0 Å². The van der Waals surface area contributed by atoms with Gasteiger partial charge in [0.15, 0.2) is 0 Å². The van der Waals surface area contributed by atoms with Crippen LogP contribution in [-0.2, 0) is 35.1 Å². The number of hydrogen-bond acceptors (Lipinski definition) is 7. The normalized spacial score (nSPS) is 24.1. The van der Waals surface area contributed by atoms with E-state index in [0.717, 1.165) is 5.56 Å². The fraction of sp³-hybridized carbons (Fsp3) is 0.571. The number of carbonyl (C=O) groups excluding carboxylic acids is 3. The minimum Gasteiger partial charge on any atom is -0.459 e. The molecule has 2 fully saturated rings. The summed E-state index contributed by atoms with van der Waals surface area (Å²) in [6.45, 7) is 4.31. The smallest absolute Gasteiger partial charge is 0.407 e. The van der Waals surface area contributed by atoms with Gasteiger partial charge < -0.3 is 29.2 Å². The Bertz CT molecular complexity index is 762. The summed E-state index contributed by atoms with van der Waals surface area (Å²) in [4.78, 5) is 39.4. The molecule has 9 nitrogen and oxygen atoms in total. The lowest BCUT2D eigenvalue weighted by atomic mass is 10.0. The Kier molecular flexibility index (Phi) is 6.94. The fourth-order valence-electron chi connectivity index (χ4n) is 3.74. The van der Waals surface area contributed by atoms with Crippen molar-refractivity contribution in [3.8, 4) is 0 Å². The lowest BCUT2D eigenvalue weighted by Crippen LogP contribution is -2.54. The summed E-state index contributed by atoms with van der Waals surface area (Å²) in [5.74, 6) is -1.11. The highest BCUT2D eigenvalue weighted by Gasteiger charge is 2.53. The van der Waals surface area contributed by atoms with Gasteiger partial charge in [-0.25, -0.2) is 9.59 Å². The average molecular weight is 420 g/mol. The molecule has 30 heavy (non-hydrogen) atoms. The molecule has 3 rings (SSSR count). The highest BCUT2D eigenvalue weighted by molar-refractivity contribution is 5.90. The molecule has 0 bridgehead atoms. The Hall–Kier alpha value is -2.65. The van der Waals surface area contributed by atoms with E-state index in [1.165, 1.54) is 12.0 Å². The highest BCUT2D eigenvalue weighted by Crippen LogP contribution is 2.35. The molecule has 0 aromatic heterocycles. The van der Waals surface area contributed by atoms with Crippen LogP contribution >= 0.6 is 0 Å². The van der Waals surface area contributed by atoms with Crippen LogP contribution in [-0.4, -0.2) is 67.6 Å². The average Bonchev–Trinajstić information content (AvgIpc) is 3.37. The molecular formula is C21H28N2O7. The molecule has 2 amide bonds. The standard InChI is InChI=1S/C21H28N2O7/c1-14(2)17(22-20(26)27-3)18(24)23-11-21(12-28-13-30-21)9-16(23)19(25)29-10-15-7-5-4-6-8-15/h4-8,14,16-17H,9-13H2,1-3H3,(H,22,26)/t16-,17-,21?/m0/s1. The summed E-state index contributed by atoms with van der Waals surface area (Å²) < 4.78 is 21.2. The van der Waals surface area contributed by atoms with Crippen molar-refractivity contribution in [2.24, 2.45) is 5.92 Å². The zero-order valence-corrected chi connectivity index (χ0v) is 17.5. The first-order chi connectivity index (χ1) is 14.3. The van der Waals surface area contributed by atoms with E-state index in [2.05, 4.69) is 10.1 Å². The van der Waals surface area contributed by atoms with Crippen LogP contribution in [0.25, 0.3) is 0 Å². The van der Waals surface area contributed by atoms with Crippen molar-refractivity contribution in [1.82, 2.24) is 10.2 Å². The molecule has 1 spiro atoms. The zero-order chi connectivity index (χ0) is 21.7. The second-order valence-corrected chi connectivity index (χ2v) is 7.93. The number of nitrogens with one attached hydrogen (secondary N) is 1. The summed E-state index contributed by atoms with van der Waals surface area (Å²) in [6.07, 6.45) is -0.435. The van der Waals surface area contributed by atoms with Gasteiger partial charge in [-0.1, -0.05) is 44.2 Å². The number of rotatable bonds is 6. The monoisotopic (exact) mass is 420 g/mol. The second-order valence-electron chi connectivity index (χ2n) is 7.93. The van der Waals surface area contributed by atoms with Gasteiger partial charge in [-0.15, -0.1) is 0 Å². The minimum absolute atomic E-state index is 0.108. The predicted molar refractivity (Wildman–Crippen MR) is 105 cm³/mol. The third-order valence-corrected chi connectivity index (χ3v) is 5.38. The van der Waals surface area contributed by atoms with E-state index in [1.54, 1.807) is 0 Å². The maximum atomic E-state index is 13.3. The van der Waals surface area contributed by atoms with Crippen LogP contribution in [0.2, 0.25) is 0 Å². The molecule has 2 heterocycles. The van der Waals surface area contributed by atoms with E-state index in [4.69, 9.17) is 14.2 Å². The van der Waals surface area contributed by atoms with Crippen LogP contribution < -0.4 is 5.32 Å². The Labute approximate surface area is 175 Å². The molecule has 0 aliphatic carbocycles. The van der Waals surface area contributed by atoms with Gasteiger partial charge in [0, 0.05) is 6.42 Å². The van der Waals surface area contributed by atoms with E-state index in [0.29, 0.717) is 0 Å². The number of benzene rings is 1. The van der Waals surface area contributed by atoms with E-state index >= 15 is 0 Å². The summed E-state index contributed by atoms with van der Waals surface area (Å²) in [5.41, 5.74) is 0.100. The molecule has 1 aromatic rings. The van der Waals surface area contributed by atoms with Gasteiger partial charge >= 0.3 is 12.1 Å². The van der Waals surface area contributed by atoms with Crippen LogP contribution in [0.3, 0.4) is 0 Å². The zero-order valence-electron chi connectivity index (χ0n) is 17.5. The summed E-state index contributed by atoms with van der Waals surface area (Å²) in [7, 11) is 1.23. The van der Waals surface area contributed by atoms with Gasteiger partial charge in [-0.3, -0.25) is 4.79 Å². The Morgan fingerprint density at radius 1 is 1.27 bits per heavy atom. The van der Waals surface area contributed by atoms with Gasteiger partial charge in [0.2, 0.25) is 5.91 Å². The van der Waals surface area contributed by atoms with Gasteiger partial charge in [0.25, 0.3) is 0 Å². The van der Waals surface area contributed by atoms with Gasteiger partial charge in [0.05, 0.1) is 20.3 Å². The van der Waals surface area contributed by atoms with Crippen LogP contribution in [0, 0.1) is 5.92 Å². The predicted octanol–water partition coefficient (Wildman–Crippen LogP) is 1.45. The van der Waals surface area contributed by atoms with Crippen LogP contribution in [0.1, 0.15) is 25.8 Å². The topological polar surface area (TPSA) is 103 Å². The Morgan fingerprint density at radius 2 is 2.00 bits per heavy atom. The third kappa shape index (κ3) is 4.91. The largest absolute Gasteiger partial charge is 0.459 e. The van der Waals surface area contributed by atoms with E-state index < -0.39 is 29.7 Å². The minimum atomic E-state index is -0.848. The van der Waals surface area contributed by atoms with Crippen molar-refractivity contribution in [3.05, 3.63) is 35.9 Å². The highest BCUT2D eigenvalue weighted by atomic mass is 16.7. The molecule has 3 atom stereocenters. The quantitative estimate of drug-likeness (QED) is 0.695. The number of methoxy groups -OCH3 is 1. The molecular weight excluding hydrogens is 392 g/mol. The number of esters is 1. The van der Waals surface area contributed by atoms with E-state index in [9.17, 15) is 14.4 Å². The van der Waals surface area contributed by atoms with Crippen molar-refractivity contribution in [1.29, 1.82) is 0 Å². The molecule has 2 aliphatic heterocycles. The molecule has 1 aromatic carbocycles. The lowest BCUT2D eigenvalue weighted by molar-refractivity contribution is -0.155. The van der Waals surface area contributed by atoms with E-state index in [-0.39, 0.29) is 44.8 Å².